The van der Waals surface area contributed by atoms with Crippen LogP contribution in [-0.4, -0.2) is 18.1 Å². The predicted octanol–water partition coefficient (Wildman–Crippen LogP) is 3.40. The van der Waals surface area contributed by atoms with Crippen LogP contribution in [-0.2, 0) is 0 Å². The number of rotatable bonds is 3. The first-order valence-corrected chi connectivity index (χ1v) is 6.20. The van der Waals surface area contributed by atoms with Crippen LogP contribution >= 0.6 is 0 Å². The first-order valence-electron chi connectivity index (χ1n) is 6.20. The van der Waals surface area contributed by atoms with E-state index in [4.69, 9.17) is 9.47 Å². The average molecular weight is 267 g/mol. The Labute approximate surface area is 115 Å². The molecule has 0 bridgehead atoms. The van der Waals surface area contributed by atoms with Gasteiger partial charge in [0.25, 0.3) is 0 Å². The SMILES string of the molecule is COc1ccc(OC(=O)c2c[nH]c3ccccc23)cc1. The van der Waals surface area contributed by atoms with E-state index in [1.54, 1.807) is 37.6 Å². The van der Waals surface area contributed by atoms with Crippen LogP contribution in [0.3, 0.4) is 0 Å². The second-order valence-electron chi connectivity index (χ2n) is 4.31. The Morgan fingerprint density at radius 2 is 1.70 bits per heavy atom. The van der Waals surface area contributed by atoms with Gasteiger partial charge < -0.3 is 14.5 Å². The highest BCUT2D eigenvalue weighted by molar-refractivity contribution is 6.04. The summed E-state index contributed by atoms with van der Waals surface area (Å²) in [6.45, 7) is 0. The topological polar surface area (TPSA) is 51.3 Å². The summed E-state index contributed by atoms with van der Waals surface area (Å²) in [6.07, 6.45) is 1.66. The largest absolute Gasteiger partial charge is 0.497 e. The van der Waals surface area contributed by atoms with E-state index in [1.807, 2.05) is 24.3 Å². The van der Waals surface area contributed by atoms with E-state index in [9.17, 15) is 4.79 Å². The van der Waals surface area contributed by atoms with E-state index in [0.717, 1.165) is 16.7 Å². The molecule has 20 heavy (non-hydrogen) atoms. The number of methoxy groups -OCH3 is 1. The second-order valence-corrected chi connectivity index (χ2v) is 4.31. The average Bonchev–Trinajstić information content (AvgIpc) is 2.92. The van der Waals surface area contributed by atoms with E-state index in [0.29, 0.717) is 11.3 Å². The summed E-state index contributed by atoms with van der Waals surface area (Å²) < 4.78 is 10.4. The number of fused-ring (bicyclic) bond motifs is 1. The number of esters is 1. The van der Waals surface area contributed by atoms with Crippen LogP contribution in [0.1, 0.15) is 10.4 Å². The quantitative estimate of drug-likeness (QED) is 0.584. The molecular weight excluding hydrogens is 254 g/mol. The van der Waals surface area contributed by atoms with Crippen molar-refractivity contribution >= 4 is 16.9 Å². The van der Waals surface area contributed by atoms with Crippen LogP contribution < -0.4 is 9.47 Å². The van der Waals surface area contributed by atoms with E-state index in [2.05, 4.69) is 4.98 Å². The zero-order valence-electron chi connectivity index (χ0n) is 10.9. The van der Waals surface area contributed by atoms with Gasteiger partial charge in [-0.2, -0.15) is 0 Å². The van der Waals surface area contributed by atoms with Crippen LogP contribution in [0.2, 0.25) is 0 Å². The Hall–Kier alpha value is -2.75. The van der Waals surface area contributed by atoms with Gasteiger partial charge in [-0.05, 0) is 30.3 Å². The zero-order chi connectivity index (χ0) is 13.9. The van der Waals surface area contributed by atoms with E-state index in [-0.39, 0.29) is 5.97 Å². The van der Waals surface area contributed by atoms with E-state index in [1.165, 1.54) is 0 Å². The lowest BCUT2D eigenvalue weighted by Gasteiger charge is -2.04. The third kappa shape index (κ3) is 2.23. The van der Waals surface area contributed by atoms with Crippen molar-refractivity contribution in [1.29, 1.82) is 0 Å². The molecule has 4 nitrogen and oxygen atoms in total. The Kier molecular flexibility index (Phi) is 3.13. The number of nitrogens with one attached hydrogen (secondary N) is 1. The van der Waals surface area contributed by atoms with Crippen molar-refractivity contribution in [2.24, 2.45) is 0 Å². The fourth-order valence-corrected chi connectivity index (χ4v) is 2.05. The number of aromatic amines is 1. The Morgan fingerprint density at radius 3 is 2.45 bits per heavy atom. The molecule has 0 unspecified atom stereocenters. The lowest BCUT2D eigenvalue weighted by atomic mass is 10.2. The Morgan fingerprint density at radius 1 is 1.00 bits per heavy atom. The van der Waals surface area contributed by atoms with Gasteiger partial charge in [-0.1, -0.05) is 18.2 Å². The molecule has 0 amide bonds. The molecule has 2 aromatic carbocycles. The molecule has 0 saturated heterocycles. The van der Waals surface area contributed by atoms with Crippen LogP contribution in [0.5, 0.6) is 11.5 Å². The molecule has 0 aliphatic heterocycles. The molecule has 3 rings (SSSR count). The molecule has 100 valence electrons. The fourth-order valence-electron chi connectivity index (χ4n) is 2.05. The zero-order valence-corrected chi connectivity index (χ0v) is 10.9. The highest BCUT2D eigenvalue weighted by Crippen LogP contribution is 2.21. The molecule has 0 aliphatic rings. The van der Waals surface area contributed by atoms with Crippen molar-refractivity contribution < 1.29 is 14.3 Å². The number of benzene rings is 2. The third-order valence-electron chi connectivity index (χ3n) is 3.08. The summed E-state index contributed by atoms with van der Waals surface area (Å²) in [5.41, 5.74) is 1.44. The van der Waals surface area contributed by atoms with Crippen LogP contribution in [0.4, 0.5) is 0 Å². The maximum Gasteiger partial charge on any atom is 0.345 e. The van der Waals surface area contributed by atoms with Crippen molar-refractivity contribution in [2.45, 2.75) is 0 Å². The number of para-hydroxylation sites is 1. The maximum absolute atomic E-state index is 12.2. The summed E-state index contributed by atoms with van der Waals surface area (Å²) in [6, 6.07) is 14.5. The molecule has 0 aliphatic carbocycles. The highest BCUT2D eigenvalue weighted by Gasteiger charge is 2.13. The highest BCUT2D eigenvalue weighted by atomic mass is 16.5. The van der Waals surface area contributed by atoms with Gasteiger partial charge in [0, 0.05) is 17.1 Å². The summed E-state index contributed by atoms with van der Waals surface area (Å²) in [7, 11) is 1.59. The van der Waals surface area contributed by atoms with Gasteiger partial charge >= 0.3 is 5.97 Å². The number of aromatic nitrogens is 1. The Balaban J connectivity index is 1.85. The van der Waals surface area contributed by atoms with Crippen molar-refractivity contribution in [3.63, 3.8) is 0 Å². The minimum atomic E-state index is -0.382. The number of hydrogen-bond acceptors (Lipinski definition) is 3. The summed E-state index contributed by atoms with van der Waals surface area (Å²) >= 11 is 0. The van der Waals surface area contributed by atoms with Crippen LogP contribution in [0.15, 0.2) is 54.7 Å². The molecule has 0 spiro atoms. The number of hydrogen-bond donors (Lipinski definition) is 1. The number of H-pyrrole nitrogens is 1. The minimum Gasteiger partial charge on any atom is -0.497 e. The van der Waals surface area contributed by atoms with Crippen molar-refractivity contribution in [3.05, 3.63) is 60.3 Å². The van der Waals surface area contributed by atoms with Gasteiger partial charge in [-0.3, -0.25) is 0 Å². The molecule has 1 N–H and O–H groups in total. The van der Waals surface area contributed by atoms with Crippen LogP contribution in [0.25, 0.3) is 10.9 Å². The lowest BCUT2D eigenvalue weighted by molar-refractivity contribution is 0.0737. The molecule has 4 heteroatoms. The van der Waals surface area contributed by atoms with Gasteiger partial charge in [-0.15, -0.1) is 0 Å². The van der Waals surface area contributed by atoms with E-state index >= 15 is 0 Å². The molecule has 0 radical (unpaired) electrons. The minimum absolute atomic E-state index is 0.382. The second kappa shape index (κ2) is 5.09. The Bertz CT molecular complexity index is 744. The molecule has 0 fully saturated rings. The van der Waals surface area contributed by atoms with Crippen LogP contribution in [0, 0.1) is 0 Å². The summed E-state index contributed by atoms with van der Waals surface area (Å²) in [5.74, 6) is 0.825. The first kappa shape index (κ1) is 12.3. The summed E-state index contributed by atoms with van der Waals surface area (Å²) in [5, 5.41) is 0.853. The predicted molar refractivity (Wildman–Crippen MR) is 76.3 cm³/mol. The molecular formula is C16H13NO3. The van der Waals surface area contributed by atoms with Gasteiger partial charge in [0.05, 0.1) is 12.7 Å². The fraction of sp³-hybridized carbons (Fsp3) is 0.0625. The van der Waals surface area contributed by atoms with Crippen molar-refractivity contribution in [1.82, 2.24) is 4.98 Å². The number of carbonyl (C=O) groups is 1. The van der Waals surface area contributed by atoms with Crippen molar-refractivity contribution in [3.8, 4) is 11.5 Å². The standard InChI is InChI=1S/C16H13NO3/c1-19-11-6-8-12(9-7-11)20-16(18)14-10-17-15-5-3-2-4-13(14)15/h2-10,17H,1H3. The van der Waals surface area contributed by atoms with Gasteiger partial charge in [0.15, 0.2) is 0 Å². The maximum atomic E-state index is 12.2. The molecule has 1 aromatic heterocycles. The molecule has 0 saturated carbocycles. The molecule has 1 heterocycles. The third-order valence-corrected chi connectivity index (χ3v) is 3.08. The number of carbonyl (C=O) groups excluding carboxylic acids is 1. The lowest BCUT2D eigenvalue weighted by Crippen LogP contribution is -2.07. The summed E-state index contributed by atoms with van der Waals surface area (Å²) in [4.78, 5) is 15.2. The molecule has 0 atom stereocenters. The van der Waals surface area contributed by atoms with Gasteiger partial charge in [-0.25, -0.2) is 4.79 Å². The first-order chi connectivity index (χ1) is 9.78. The van der Waals surface area contributed by atoms with E-state index < -0.39 is 0 Å². The smallest absolute Gasteiger partial charge is 0.345 e. The number of ether oxygens (including phenoxy) is 2. The van der Waals surface area contributed by atoms with Crippen molar-refractivity contribution in [2.75, 3.05) is 7.11 Å². The monoisotopic (exact) mass is 267 g/mol. The van der Waals surface area contributed by atoms with Gasteiger partial charge in [0.1, 0.15) is 11.5 Å². The van der Waals surface area contributed by atoms with Gasteiger partial charge in [0.2, 0.25) is 0 Å². The molecule has 3 aromatic rings. The normalized spacial score (nSPS) is 10.4.